The Bertz CT molecular complexity index is 2550. The molecule has 6 heterocycles. The SMILES string of the molecule is CO[C@@H]1[C@H](O)[C@@H](COP(=O)(O)OP(=O)(O)OP(=O)(O)OP(=O)(O)OC[C@H]2O[C@@H](n3c[n+](C)c4c(=O)[nH]c(N)nc43)[C@H](O)[C@@H]2O)O[C@H]1n1c[n+](C)c2c(=O)[nH]c(N)nc21. The van der Waals surface area contributed by atoms with Gasteiger partial charge in [-0.3, -0.25) is 28.6 Å². The summed E-state index contributed by atoms with van der Waals surface area (Å²) in [6, 6.07) is 0. The highest BCUT2D eigenvalue weighted by atomic mass is 31.3. The van der Waals surface area contributed by atoms with Crippen molar-refractivity contribution in [2.24, 2.45) is 14.1 Å². The fourth-order valence-electron chi connectivity index (χ4n) is 6.15. The number of anilines is 2. The van der Waals surface area contributed by atoms with E-state index < -0.39 is 105 Å². The van der Waals surface area contributed by atoms with Crippen LogP contribution in [-0.4, -0.2) is 121 Å². The maximum absolute atomic E-state index is 12.6. The van der Waals surface area contributed by atoms with Crippen LogP contribution < -0.4 is 31.7 Å². The number of phosphoric ester groups is 2. The Morgan fingerprint density at radius 3 is 1.55 bits per heavy atom. The third-order valence-electron chi connectivity index (χ3n) is 8.47. The molecule has 0 aliphatic carbocycles. The highest BCUT2D eigenvalue weighted by Gasteiger charge is 2.52. The van der Waals surface area contributed by atoms with Gasteiger partial charge in [0.05, 0.1) is 27.3 Å². The van der Waals surface area contributed by atoms with Gasteiger partial charge >= 0.3 is 42.4 Å². The van der Waals surface area contributed by atoms with Crippen LogP contribution in [0.4, 0.5) is 11.9 Å². The van der Waals surface area contributed by atoms with Crippen LogP contribution in [0.5, 0.6) is 0 Å². The fraction of sp³-hybridized carbons (Fsp3) is 0.565. The van der Waals surface area contributed by atoms with Gasteiger partial charge in [0, 0.05) is 7.11 Å². The molecule has 2 aliphatic heterocycles. The predicted molar refractivity (Wildman–Crippen MR) is 183 cm³/mol. The molecule has 35 heteroatoms. The van der Waals surface area contributed by atoms with E-state index in [1.807, 2.05) is 0 Å². The fourth-order valence-corrected chi connectivity index (χ4v) is 11.1. The first kappa shape index (κ1) is 44.2. The molecule has 58 heavy (non-hydrogen) atoms. The number of nitrogens with two attached hydrogens (primary N) is 2. The van der Waals surface area contributed by atoms with Crippen molar-refractivity contribution in [1.29, 1.82) is 0 Å². The van der Waals surface area contributed by atoms with Crippen molar-refractivity contribution >= 4 is 65.5 Å². The molecule has 12 atom stereocenters. The van der Waals surface area contributed by atoms with Gasteiger partial charge in [-0.2, -0.15) is 32.0 Å². The van der Waals surface area contributed by atoms with Gasteiger partial charge in [-0.05, 0) is 0 Å². The van der Waals surface area contributed by atoms with E-state index in [0.717, 1.165) is 4.57 Å². The number of rotatable bonds is 15. The average molecular weight is 912 g/mol. The Hall–Kier alpha value is -3.38. The number of aromatic nitrogens is 8. The smallest absolute Gasteiger partial charge is 0.387 e. The monoisotopic (exact) mass is 912 g/mol. The van der Waals surface area contributed by atoms with Crippen molar-refractivity contribution in [3.05, 3.63) is 33.4 Å². The van der Waals surface area contributed by atoms with Gasteiger partial charge in [0.2, 0.25) is 37.0 Å². The van der Waals surface area contributed by atoms with Gasteiger partial charge in [-0.25, -0.2) is 27.4 Å². The predicted octanol–water partition coefficient (Wildman–Crippen LogP) is -4.35. The molecule has 2 aliphatic rings. The summed E-state index contributed by atoms with van der Waals surface area (Å²) in [6.07, 6.45) is -9.91. The lowest BCUT2D eigenvalue weighted by atomic mass is 10.1. The molecular weight excluding hydrogens is 876 g/mol. The van der Waals surface area contributed by atoms with Crippen LogP contribution in [0, 0.1) is 0 Å². The standard InChI is InChI=1S/C23H34N10O21P4/c1-30-6-32(16-10(30)18(37)28-22(24)26-16)20-14(36)12(34)8(50-20)4-48-55(39,40)52-57(43,44)54-58(45,46)53-56(41,42)49-5-9-13(35)15(47-3)21(51-9)33-7-31(2)11-17(33)27-23(25)29-19(11)38/h6-9,12-15,20-21,34-36H,4-5H2,1-3H3,(H8-2,24,25,26,27,28,29,37,38,39,40,41,42,43,44,45,46)/p+2/t8-,9-,12-,13-,14-,15-,20-,21-/m1/s1. The summed E-state index contributed by atoms with van der Waals surface area (Å²) in [4.78, 5) is 77.5. The summed E-state index contributed by atoms with van der Waals surface area (Å²) in [5.41, 5.74) is 9.91. The zero-order chi connectivity index (χ0) is 42.9. The maximum Gasteiger partial charge on any atom is 0.490 e. The number of aliphatic hydroxyl groups is 3. The number of nitrogens with zero attached hydrogens (tertiary/aromatic N) is 6. The van der Waals surface area contributed by atoms with Crippen LogP contribution >= 0.6 is 31.3 Å². The summed E-state index contributed by atoms with van der Waals surface area (Å²) in [5.74, 6) is -0.565. The van der Waals surface area contributed by atoms with E-state index in [1.165, 1.54) is 47.6 Å². The summed E-state index contributed by atoms with van der Waals surface area (Å²) in [6.45, 7) is -2.23. The molecule has 0 bridgehead atoms. The topological polar surface area (TPSA) is 445 Å². The Morgan fingerprint density at radius 1 is 0.707 bits per heavy atom. The van der Waals surface area contributed by atoms with Crippen molar-refractivity contribution < 1.29 is 98.5 Å². The van der Waals surface area contributed by atoms with E-state index in [-0.39, 0.29) is 34.2 Å². The second-order valence-corrected chi connectivity index (χ2v) is 18.8. The minimum absolute atomic E-state index is 0.00992. The number of nitrogen functional groups attached to an aromatic ring is 2. The molecule has 2 saturated heterocycles. The number of phosphoric acid groups is 4. The molecular formula is C23H36N10O21P4+2. The minimum atomic E-state index is -6.24. The first-order chi connectivity index (χ1) is 26.8. The number of hydrogen-bond acceptors (Lipinski definition) is 21. The van der Waals surface area contributed by atoms with Crippen molar-refractivity contribution in [2.45, 2.75) is 49.1 Å². The normalized spacial score (nSPS) is 29.3. The Morgan fingerprint density at radius 2 is 1.10 bits per heavy atom. The largest absolute Gasteiger partial charge is 0.490 e. The first-order valence-electron chi connectivity index (χ1n) is 16.0. The van der Waals surface area contributed by atoms with E-state index in [2.05, 4.69) is 41.9 Å². The van der Waals surface area contributed by atoms with Crippen molar-refractivity contribution in [2.75, 3.05) is 31.8 Å². The highest BCUT2D eigenvalue weighted by molar-refractivity contribution is 7.69. The minimum Gasteiger partial charge on any atom is -0.387 e. The molecule has 4 unspecified atom stereocenters. The van der Waals surface area contributed by atoms with Gasteiger partial charge in [0.25, 0.3) is 22.3 Å². The zero-order valence-corrected chi connectivity index (χ0v) is 33.2. The third kappa shape index (κ3) is 9.03. The molecule has 4 aromatic heterocycles. The molecule has 0 amide bonds. The molecule has 4 aromatic rings. The highest BCUT2D eigenvalue weighted by Crippen LogP contribution is 2.71. The molecule has 0 spiro atoms. The number of aliphatic hydroxyl groups excluding tert-OH is 3. The first-order valence-corrected chi connectivity index (χ1v) is 21.9. The van der Waals surface area contributed by atoms with Crippen LogP contribution in [0.25, 0.3) is 22.3 Å². The zero-order valence-electron chi connectivity index (χ0n) is 29.7. The number of aryl methyl sites for hydroxylation is 2. The number of hydrogen-bond donors (Lipinski definition) is 11. The second-order valence-electron chi connectivity index (χ2n) is 12.5. The lowest BCUT2D eigenvalue weighted by Crippen LogP contribution is -2.35. The van der Waals surface area contributed by atoms with Gasteiger partial charge in [0.15, 0.2) is 6.10 Å². The Balaban J connectivity index is 1.04. The summed E-state index contributed by atoms with van der Waals surface area (Å²) in [5, 5.41) is 32.0. The molecule has 6 rings (SSSR count). The van der Waals surface area contributed by atoms with E-state index in [4.69, 9.17) is 25.7 Å². The van der Waals surface area contributed by atoms with E-state index in [9.17, 15) is 62.7 Å². The Labute approximate surface area is 321 Å². The number of aromatic amines is 2. The van der Waals surface area contributed by atoms with Gasteiger partial charge in [-0.15, -0.1) is 0 Å². The average Bonchev–Trinajstić information content (AvgIpc) is 3.77. The van der Waals surface area contributed by atoms with Crippen molar-refractivity contribution in [3.8, 4) is 0 Å². The van der Waals surface area contributed by atoms with Gasteiger partial charge < -0.3 is 60.6 Å². The van der Waals surface area contributed by atoms with E-state index in [1.54, 1.807) is 0 Å². The van der Waals surface area contributed by atoms with Crippen LogP contribution in [0.15, 0.2) is 22.2 Å². The number of fused-ring (bicyclic) bond motifs is 2. The number of ether oxygens (including phenoxy) is 3. The lowest BCUT2D eigenvalue weighted by molar-refractivity contribution is -0.646. The molecule has 2 fully saturated rings. The van der Waals surface area contributed by atoms with Gasteiger partial charge in [0.1, 0.15) is 30.5 Å². The summed E-state index contributed by atoms with van der Waals surface area (Å²) in [7, 11) is -20.0. The van der Waals surface area contributed by atoms with Crippen LogP contribution in [0.2, 0.25) is 0 Å². The van der Waals surface area contributed by atoms with Gasteiger partial charge in [-0.1, -0.05) is 0 Å². The van der Waals surface area contributed by atoms with E-state index in [0.29, 0.717) is 0 Å². The van der Waals surface area contributed by atoms with Crippen molar-refractivity contribution in [3.63, 3.8) is 0 Å². The number of nitrogens with one attached hydrogen (secondary N) is 2. The molecule has 0 saturated carbocycles. The number of methoxy groups -OCH3 is 1. The summed E-state index contributed by atoms with van der Waals surface area (Å²) >= 11 is 0. The molecule has 31 nitrogen and oxygen atoms in total. The van der Waals surface area contributed by atoms with Crippen LogP contribution in [-0.2, 0) is 68.5 Å². The second kappa shape index (κ2) is 15.9. The number of imidazole rings is 2. The third-order valence-corrected chi connectivity index (χ3v) is 14.4. The lowest BCUT2D eigenvalue weighted by Gasteiger charge is -2.21. The molecule has 322 valence electrons. The van der Waals surface area contributed by atoms with Crippen LogP contribution in [0.3, 0.4) is 0 Å². The molecule has 0 aromatic carbocycles. The Kier molecular flexibility index (Phi) is 12.1. The molecule has 13 N–H and O–H groups in total. The van der Waals surface area contributed by atoms with E-state index >= 15 is 0 Å². The summed E-state index contributed by atoms with van der Waals surface area (Å²) < 4.78 is 92.6. The number of H-pyrrole nitrogens is 2. The van der Waals surface area contributed by atoms with Crippen molar-refractivity contribution in [1.82, 2.24) is 29.1 Å². The molecule has 0 radical (unpaired) electrons. The quantitative estimate of drug-likeness (QED) is 0.0396. The maximum atomic E-state index is 12.6. The van der Waals surface area contributed by atoms with Crippen LogP contribution in [0.1, 0.15) is 12.5 Å².